The Hall–Kier alpha value is -2.28. The highest BCUT2D eigenvalue weighted by Gasteiger charge is 2.49. The molecule has 4 nitrogen and oxygen atoms in total. The number of hydrogen-bond acceptors (Lipinski definition) is 3. The summed E-state index contributed by atoms with van der Waals surface area (Å²) in [5.74, 6) is -0.252. The van der Waals surface area contributed by atoms with Gasteiger partial charge in [-0.15, -0.1) is 0 Å². The molecule has 0 spiro atoms. The fourth-order valence-corrected chi connectivity index (χ4v) is 3.16. The van der Waals surface area contributed by atoms with E-state index >= 15 is 0 Å². The fourth-order valence-electron chi connectivity index (χ4n) is 3.16. The van der Waals surface area contributed by atoms with Crippen molar-refractivity contribution in [3.05, 3.63) is 42.0 Å². The van der Waals surface area contributed by atoms with E-state index in [2.05, 4.69) is 5.43 Å². The van der Waals surface area contributed by atoms with Crippen molar-refractivity contribution < 1.29 is 22.7 Å². The van der Waals surface area contributed by atoms with Crippen LogP contribution >= 0.6 is 0 Å². The molecule has 0 bridgehead atoms. The maximum Gasteiger partial charge on any atom is 0.410 e. The maximum atomic E-state index is 14.1. The van der Waals surface area contributed by atoms with Gasteiger partial charge in [-0.1, -0.05) is 30.3 Å². The van der Waals surface area contributed by atoms with Crippen molar-refractivity contribution in [1.29, 1.82) is 0 Å². The quantitative estimate of drug-likeness (QED) is 0.878. The molecule has 0 unspecified atom stereocenters. The third-order valence-corrected chi connectivity index (χ3v) is 4.09. The molecule has 1 heterocycles. The molecule has 0 saturated carbocycles. The summed E-state index contributed by atoms with van der Waals surface area (Å²) >= 11 is 0. The molecule has 0 radical (unpaired) electrons. The summed E-state index contributed by atoms with van der Waals surface area (Å²) in [5.41, 5.74) is 1.69. The highest BCUT2D eigenvalue weighted by atomic mass is 19.4. The first kappa shape index (κ1) is 18.5. The summed E-state index contributed by atoms with van der Waals surface area (Å²) in [7, 11) is 0. The lowest BCUT2D eigenvalue weighted by Gasteiger charge is -2.33. The van der Waals surface area contributed by atoms with Gasteiger partial charge in [0.25, 0.3) is 0 Å². The van der Waals surface area contributed by atoms with E-state index in [-0.39, 0.29) is 24.3 Å². The van der Waals surface area contributed by atoms with E-state index in [0.29, 0.717) is 10.8 Å². The molecule has 0 aliphatic carbocycles. The first-order chi connectivity index (χ1) is 12.1. The molecule has 7 heteroatoms. The second-order valence-corrected chi connectivity index (χ2v) is 7.34. The van der Waals surface area contributed by atoms with Crippen LogP contribution in [0.15, 0.2) is 36.4 Å². The minimum Gasteiger partial charge on any atom is -0.488 e. The highest BCUT2D eigenvalue weighted by molar-refractivity contribution is 5.88. The summed E-state index contributed by atoms with van der Waals surface area (Å²) in [4.78, 5) is 11.5. The number of rotatable bonds is 3. The van der Waals surface area contributed by atoms with Crippen LogP contribution in [0, 0.1) is 0 Å². The van der Waals surface area contributed by atoms with E-state index in [4.69, 9.17) is 4.74 Å². The van der Waals surface area contributed by atoms with Gasteiger partial charge < -0.3 is 4.74 Å². The van der Waals surface area contributed by atoms with Crippen molar-refractivity contribution in [3.63, 3.8) is 0 Å². The number of carbonyl (C=O) groups is 1. The lowest BCUT2D eigenvalue weighted by atomic mass is 9.96. The van der Waals surface area contributed by atoms with E-state index in [1.54, 1.807) is 57.2 Å². The standard InChI is InChI=1S/C19H21F3N2O2/c1-18(2,3)26-14-9-8-12-6-4-5-7-13(12)16(14)17(19(20,21)22)24-11-10-15(25)23-24/h4-9,17H,10-11H2,1-3H3,(H,23,25)/t17-/m0/s1. The molecular formula is C19H21F3N2O2. The van der Waals surface area contributed by atoms with Gasteiger partial charge in [0.1, 0.15) is 11.4 Å². The van der Waals surface area contributed by atoms with Crippen molar-refractivity contribution in [2.24, 2.45) is 0 Å². The second kappa shape index (κ2) is 6.46. The molecule has 2 aromatic carbocycles. The number of nitrogens with one attached hydrogen (secondary N) is 1. The van der Waals surface area contributed by atoms with Crippen LogP contribution in [0.3, 0.4) is 0 Å². The van der Waals surface area contributed by atoms with Crippen molar-refractivity contribution in [2.75, 3.05) is 6.54 Å². The van der Waals surface area contributed by atoms with E-state index in [0.717, 1.165) is 5.01 Å². The number of hydrogen-bond donors (Lipinski definition) is 1. The molecule has 3 rings (SSSR count). The number of halogens is 3. The Balaban J connectivity index is 2.23. The van der Waals surface area contributed by atoms with E-state index in [1.165, 1.54) is 0 Å². The van der Waals surface area contributed by atoms with E-state index < -0.39 is 23.7 Å². The van der Waals surface area contributed by atoms with Crippen LogP contribution in [0.25, 0.3) is 10.8 Å². The predicted molar refractivity (Wildman–Crippen MR) is 92.6 cm³/mol. The Morgan fingerprint density at radius 2 is 1.81 bits per heavy atom. The summed E-state index contributed by atoms with van der Waals surface area (Å²) < 4.78 is 48.1. The Bertz CT molecular complexity index is 828. The van der Waals surface area contributed by atoms with Gasteiger partial charge in [0.15, 0.2) is 6.04 Å². The Morgan fingerprint density at radius 3 is 2.38 bits per heavy atom. The van der Waals surface area contributed by atoms with Crippen LogP contribution in [0.5, 0.6) is 5.75 Å². The third kappa shape index (κ3) is 3.77. The Kier molecular flexibility index (Phi) is 4.60. The zero-order chi connectivity index (χ0) is 19.1. The first-order valence-corrected chi connectivity index (χ1v) is 8.40. The van der Waals surface area contributed by atoms with Crippen LogP contribution in [0.1, 0.15) is 38.8 Å². The first-order valence-electron chi connectivity index (χ1n) is 8.40. The molecule has 26 heavy (non-hydrogen) atoms. The summed E-state index contributed by atoms with van der Waals surface area (Å²) in [6.07, 6.45) is -4.55. The molecule has 1 N–H and O–H groups in total. The highest BCUT2D eigenvalue weighted by Crippen LogP contribution is 2.45. The van der Waals surface area contributed by atoms with Crippen LogP contribution in [0.4, 0.5) is 13.2 Å². The fraction of sp³-hybridized carbons (Fsp3) is 0.421. The van der Waals surface area contributed by atoms with Crippen LogP contribution in [0.2, 0.25) is 0 Å². The number of benzene rings is 2. The SMILES string of the molecule is CC(C)(C)Oc1ccc2ccccc2c1[C@H](N1CCC(=O)N1)C(F)(F)F. The molecule has 1 amide bonds. The number of amides is 1. The summed E-state index contributed by atoms with van der Waals surface area (Å²) in [5, 5.41) is 2.10. The smallest absolute Gasteiger partial charge is 0.410 e. The van der Waals surface area contributed by atoms with Crippen molar-refractivity contribution in [3.8, 4) is 5.75 Å². The molecule has 1 aliphatic heterocycles. The number of carbonyl (C=O) groups excluding carboxylic acids is 1. The molecule has 1 saturated heterocycles. The minimum atomic E-state index is -4.59. The molecule has 1 atom stereocenters. The average Bonchev–Trinajstić information content (AvgIpc) is 2.93. The lowest BCUT2D eigenvalue weighted by molar-refractivity contribution is -0.191. The van der Waals surface area contributed by atoms with Gasteiger partial charge in [-0.3, -0.25) is 10.2 Å². The second-order valence-electron chi connectivity index (χ2n) is 7.34. The summed E-state index contributed by atoms with van der Waals surface area (Å²) in [6, 6.07) is 8.21. The van der Waals surface area contributed by atoms with Crippen LogP contribution in [-0.4, -0.2) is 29.2 Å². The molecule has 0 aromatic heterocycles. The van der Waals surface area contributed by atoms with E-state index in [1.807, 2.05) is 0 Å². The van der Waals surface area contributed by atoms with Gasteiger partial charge in [0.05, 0.1) is 0 Å². The number of fused-ring (bicyclic) bond motifs is 1. The van der Waals surface area contributed by atoms with Gasteiger partial charge in [-0.25, -0.2) is 5.01 Å². The Morgan fingerprint density at radius 1 is 1.12 bits per heavy atom. The van der Waals surface area contributed by atoms with Crippen molar-refractivity contribution >= 4 is 16.7 Å². The topological polar surface area (TPSA) is 41.6 Å². The third-order valence-electron chi connectivity index (χ3n) is 4.09. The normalized spacial score (nSPS) is 17.4. The number of hydrazine groups is 1. The van der Waals surface area contributed by atoms with Gasteiger partial charge in [0, 0.05) is 18.5 Å². The molecule has 2 aromatic rings. The number of ether oxygens (including phenoxy) is 1. The van der Waals surface area contributed by atoms with Gasteiger partial charge >= 0.3 is 6.18 Å². The predicted octanol–water partition coefficient (Wildman–Crippen LogP) is 4.36. The largest absolute Gasteiger partial charge is 0.488 e. The maximum absolute atomic E-state index is 14.1. The van der Waals surface area contributed by atoms with Crippen molar-refractivity contribution in [1.82, 2.24) is 10.4 Å². The van der Waals surface area contributed by atoms with Gasteiger partial charge in [-0.2, -0.15) is 13.2 Å². The molecule has 1 aliphatic rings. The summed E-state index contributed by atoms with van der Waals surface area (Å²) in [6.45, 7) is 5.34. The van der Waals surface area contributed by atoms with Crippen molar-refractivity contribution in [2.45, 2.75) is 45.0 Å². The number of nitrogens with zero attached hydrogens (tertiary/aromatic N) is 1. The average molecular weight is 366 g/mol. The van der Waals surface area contributed by atoms with Gasteiger partial charge in [-0.05, 0) is 37.6 Å². The molecule has 140 valence electrons. The van der Waals surface area contributed by atoms with Crippen LogP contribution in [-0.2, 0) is 4.79 Å². The lowest BCUT2D eigenvalue weighted by Crippen LogP contribution is -2.44. The Labute approximate surface area is 149 Å². The molecule has 1 fully saturated rings. The minimum absolute atomic E-state index is 0.0127. The van der Waals surface area contributed by atoms with E-state index in [9.17, 15) is 18.0 Å². The molecular weight excluding hydrogens is 345 g/mol. The monoisotopic (exact) mass is 366 g/mol. The van der Waals surface area contributed by atoms with Gasteiger partial charge in [0.2, 0.25) is 5.91 Å². The zero-order valence-corrected chi connectivity index (χ0v) is 14.9. The zero-order valence-electron chi connectivity index (χ0n) is 14.9. The van der Waals surface area contributed by atoms with Crippen LogP contribution < -0.4 is 10.2 Å². The number of alkyl halides is 3.